The fraction of sp³-hybridized carbons (Fsp3) is 0.333. The molecule has 1 aliphatic heterocycles. The van der Waals surface area contributed by atoms with Crippen molar-refractivity contribution in [3.63, 3.8) is 0 Å². The summed E-state index contributed by atoms with van der Waals surface area (Å²) in [5, 5.41) is 1.42. The maximum Gasteiger partial charge on any atom is 0.0470 e. The lowest BCUT2D eigenvalue weighted by molar-refractivity contribution is 0.238. The summed E-state index contributed by atoms with van der Waals surface area (Å²) in [6.07, 6.45) is 7.31. The summed E-state index contributed by atoms with van der Waals surface area (Å²) in [6.45, 7) is 3.50. The normalized spacial score (nSPS) is 20.5. The minimum atomic E-state index is 0.770. The molecule has 0 saturated heterocycles. The Labute approximate surface area is 169 Å². The molecule has 138 valence electrons. The van der Waals surface area contributed by atoms with Crippen LogP contribution in [0.5, 0.6) is 0 Å². The maximum atomic E-state index is 3.65. The van der Waals surface area contributed by atoms with E-state index in [0.29, 0.717) is 0 Å². The van der Waals surface area contributed by atoms with Gasteiger partial charge in [-0.05, 0) is 60.4 Å². The summed E-state index contributed by atoms with van der Waals surface area (Å²) in [7, 11) is 0. The van der Waals surface area contributed by atoms with E-state index in [1.807, 2.05) is 0 Å². The zero-order valence-electron chi connectivity index (χ0n) is 15.5. The first-order valence-corrected chi connectivity index (χ1v) is 10.8. The quantitative estimate of drug-likeness (QED) is 0.564. The molecule has 1 atom stereocenters. The molecule has 1 N–H and O–H groups in total. The molecule has 0 spiro atoms. The summed E-state index contributed by atoms with van der Waals surface area (Å²) < 4.78 is 1.15. The highest BCUT2D eigenvalue weighted by Crippen LogP contribution is 2.34. The zero-order chi connectivity index (χ0) is 18.2. The molecule has 1 unspecified atom stereocenters. The van der Waals surface area contributed by atoms with Crippen molar-refractivity contribution < 1.29 is 0 Å². The van der Waals surface area contributed by atoms with E-state index in [4.69, 9.17) is 0 Å². The molecule has 2 aromatic carbocycles. The van der Waals surface area contributed by atoms with Gasteiger partial charge in [0.2, 0.25) is 0 Å². The Morgan fingerprint density at radius 2 is 1.96 bits per heavy atom. The highest BCUT2D eigenvalue weighted by molar-refractivity contribution is 9.10. The van der Waals surface area contributed by atoms with Crippen molar-refractivity contribution >= 4 is 32.4 Å². The van der Waals surface area contributed by atoms with Gasteiger partial charge in [0.1, 0.15) is 0 Å². The van der Waals surface area contributed by atoms with Crippen LogP contribution in [0.3, 0.4) is 0 Å². The topological polar surface area (TPSA) is 19.0 Å². The van der Waals surface area contributed by atoms with E-state index in [1.54, 1.807) is 5.56 Å². The average molecular weight is 421 g/mol. The molecule has 2 heterocycles. The smallest absolute Gasteiger partial charge is 0.0470 e. The third kappa shape index (κ3) is 3.51. The lowest BCUT2D eigenvalue weighted by Crippen LogP contribution is -2.35. The lowest BCUT2D eigenvalue weighted by atomic mass is 9.85. The van der Waals surface area contributed by atoms with Crippen molar-refractivity contribution in [1.29, 1.82) is 0 Å². The van der Waals surface area contributed by atoms with Crippen LogP contribution >= 0.6 is 15.9 Å². The maximum absolute atomic E-state index is 3.65. The van der Waals surface area contributed by atoms with Gasteiger partial charge in [0, 0.05) is 40.7 Å². The van der Waals surface area contributed by atoms with Gasteiger partial charge in [0.25, 0.3) is 0 Å². The predicted molar refractivity (Wildman–Crippen MR) is 117 cm³/mol. The largest absolute Gasteiger partial charge is 0.358 e. The van der Waals surface area contributed by atoms with Crippen molar-refractivity contribution in [2.45, 2.75) is 25.7 Å². The van der Waals surface area contributed by atoms with Crippen LogP contribution in [0, 0.1) is 5.92 Å². The number of halogens is 1. The van der Waals surface area contributed by atoms with Gasteiger partial charge in [-0.1, -0.05) is 58.4 Å². The summed E-state index contributed by atoms with van der Waals surface area (Å²) in [6, 6.07) is 17.5. The third-order valence-corrected chi connectivity index (χ3v) is 6.70. The molecular formula is C24H25BrN2. The number of hydrogen-bond donors (Lipinski definition) is 1. The van der Waals surface area contributed by atoms with Crippen molar-refractivity contribution in [1.82, 2.24) is 9.88 Å². The fourth-order valence-corrected chi connectivity index (χ4v) is 5.14. The Morgan fingerprint density at radius 3 is 2.78 bits per heavy atom. The third-order valence-electron chi connectivity index (χ3n) is 6.21. The Kier molecular flexibility index (Phi) is 4.66. The van der Waals surface area contributed by atoms with E-state index in [9.17, 15) is 0 Å². The molecule has 0 fully saturated rings. The van der Waals surface area contributed by atoms with E-state index in [0.717, 1.165) is 16.9 Å². The van der Waals surface area contributed by atoms with Crippen molar-refractivity contribution in [3.05, 3.63) is 75.9 Å². The molecule has 0 amide bonds. The second kappa shape index (κ2) is 7.29. The highest BCUT2D eigenvalue weighted by atomic mass is 79.9. The van der Waals surface area contributed by atoms with Crippen molar-refractivity contribution in [2.24, 2.45) is 5.92 Å². The van der Waals surface area contributed by atoms with E-state index in [2.05, 4.69) is 80.4 Å². The van der Waals surface area contributed by atoms with E-state index >= 15 is 0 Å². The Morgan fingerprint density at radius 1 is 1.07 bits per heavy atom. The van der Waals surface area contributed by atoms with Gasteiger partial charge >= 0.3 is 0 Å². The standard InChI is InChI=1S/C24H25BrN2/c25-20-7-8-21-22-14-17(6-9-23(22)26-24(21)15-20)16-27-12-10-19(11-13-27)18-4-2-1-3-5-18/h1-5,7-8,10,15,17,26H,6,9,11-14,16H2. The molecule has 2 aliphatic rings. The van der Waals surface area contributed by atoms with Crippen LogP contribution in [0.25, 0.3) is 16.5 Å². The highest BCUT2D eigenvalue weighted by Gasteiger charge is 2.25. The molecule has 0 radical (unpaired) electrons. The van der Waals surface area contributed by atoms with E-state index in [1.165, 1.54) is 66.5 Å². The second-order valence-electron chi connectivity index (χ2n) is 7.99. The van der Waals surface area contributed by atoms with Crippen LogP contribution in [-0.4, -0.2) is 29.5 Å². The van der Waals surface area contributed by atoms with Crippen molar-refractivity contribution in [3.8, 4) is 0 Å². The fourth-order valence-electron chi connectivity index (χ4n) is 4.78. The monoisotopic (exact) mass is 420 g/mol. The number of nitrogens with zero attached hydrogens (tertiary/aromatic N) is 1. The number of benzene rings is 2. The van der Waals surface area contributed by atoms with Gasteiger partial charge in [-0.25, -0.2) is 0 Å². The van der Waals surface area contributed by atoms with Crippen LogP contribution in [0.15, 0.2) is 59.1 Å². The Balaban J connectivity index is 1.27. The van der Waals surface area contributed by atoms with Gasteiger partial charge in [-0.15, -0.1) is 0 Å². The Bertz CT molecular complexity index is 986. The number of hydrogen-bond acceptors (Lipinski definition) is 1. The van der Waals surface area contributed by atoms with Gasteiger partial charge < -0.3 is 4.98 Å². The van der Waals surface area contributed by atoms with Gasteiger partial charge in [0.15, 0.2) is 0 Å². The zero-order valence-corrected chi connectivity index (χ0v) is 17.1. The first-order valence-electron chi connectivity index (χ1n) is 10.0. The summed E-state index contributed by atoms with van der Waals surface area (Å²) in [5.41, 5.74) is 7.21. The molecule has 5 rings (SSSR count). The SMILES string of the molecule is Brc1ccc2c3c([nH]c2c1)CCC(CN1CC=C(c2ccccc2)CC1)C3. The van der Waals surface area contributed by atoms with Gasteiger partial charge in [-0.2, -0.15) is 0 Å². The van der Waals surface area contributed by atoms with E-state index in [-0.39, 0.29) is 0 Å². The molecule has 27 heavy (non-hydrogen) atoms. The molecule has 3 aromatic rings. The van der Waals surface area contributed by atoms with Crippen LogP contribution < -0.4 is 0 Å². The number of aromatic amines is 1. The number of fused-ring (bicyclic) bond motifs is 3. The number of H-pyrrole nitrogens is 1. The summed E-state index contributed by atoms with van der Waals surface area (Å²) in [4.78, 5) is 6.30. The summed E-state index contributed by atoms with van der Waals surface area (Å²) in [5.74, 6) is 0.770. The predicted octanol–water partition coefficient (Wildman–Crippen LogP) is 5.82. The number of rotatable bonds is 3. The second-order valence-corrected chi connectivity index (χ2v) is 8.90. The molecular weight excluding hydrogens is 396 g/mol. The van der Waals surface area contributed by atoms with Crippen LogP contribution in [-0.2, 0) is 12.8 Å². The summed E-state index contributed by atoms with van der Waals surface area (Å²) >= 11 is 3.59. The van der Waals surface area contributed by atoms with Gasteiger partial charge in [-0.3, -0.25) is 4.90 Å². The minimum absolute atomic E-state index is 0.770. The average Bonchev–Trinajstić information content (AvgIpc) is 3.06. The van der Waals surface area contributed by atoms with Crippen LogP contribution in [0.2, 0.25) is 0 Å². The van der Waals surface area contributed by atoms with Crippen LogP contribution in [0.4, 0.5) is 0 Å². The number of aromatic nitrogens is 1. The first-order chi connectivity index (χ1) is 13.3. The Hall–Kier alpha value is -1.84. The van der Waals surface area contributed by atoms with Crippen molar-refractivity contribution in [2.75, 3.05) is 19.6 Å². The lowest BCUT2D eigenvalue weighted by Gasteiger charge is -2.32. The van der Waals surface area contributed by atoms with Crippen LogP contribution in [0.1, 0.15) is 29.7 Å². The number of nitrogens with one attached hydrogen (secondary N) is 1. The first kappa shape index (κ1) is 17.3. The molecule has 2 nitrogen and oxygen atoms in total. The molecule has 1 aromatic heterocycles. The molecule has 0 saturated carbocycles. The molecule has 1 aliphatic carbocycles. The van der Waals surface area contributed by atoms with Gasteiger partial charge in [0.05, 0.1) is 0 Å². The number of aryl methyl sites for hydroxylation is 1. The molecule has 0 bridgehead atoms. The molecule has 3 heteroatoms. The minimum Gasteiger partial charge on any atom is -0.358 e. The van der Waals surface area contributed by atoms with E-state index < -0.39 is 0 Å².